The monoisotopic (exact) mass is 423 g/mol. The third kappa shape index (κ3) is 4.14. The van der Waals surface area contributed by atoms with Gasteiger partial charge in [0.25, 0.3) is 5.56 Å². The van der Waals surface area contributed by atoms with Crippen molar-refractivity contribution in [1.82, 2.24) is 14.7 Å². The molecule has 31 heavy (non-hydrogen) atoms. The van der Waals surface area contributed by atoms with E-state index in [-0.39, 0.29) is 18.0 Å². The van der Waals surface area contributed by atoms with Gasteiger partial charge in [-0.1, -0.05) is 12.1 Å². The smallest absolute Gasteiger partial charge is 0.267 e. The summed E-state index contributed by atoms with van der Waals surface area (Å²) in [5, 5.41) is 4.21. The highest BCUT2D eigenvalue weighted by Gasteiger charge is 2.23. The van der Waals surface area contributed by atoms with Crippen LogP contribution in [0.15, 0.2) is 53.3 Å². The molecule has 1 aliphatic rings. The third-order valence-electron chi connectivity index (χ3n) is 5.37. The number of carbonyl (C=O) groups is 1. The van der Waals surface area contributed by atoms with Gasteiger partial charge in [-0.05, 0) is 47.9 Å². The molecule has 0 bridgehead atoms. The summed E-state index contributed by atoms with van der Waals surface area (Å²) in [4.78, 5) is 26.9. The Balaban J connectivity index is 1.55. The molecule has 4 rings (SSSR count). The zero-order valence-corrected chi connectivity index (χ0v) is 17.3. The van der Waals surface area contributed by atoms with Crippen molar-refractivity contribution in [3.05, 3.63) is 75.8 Å². The van der Waals surface area contributed by atoms with E-state index in [1.807, 2.05) is 12.1 Å². The predicted octanol–water partition coefficient (Wildman–Crippen LogP) is 2.65. The first-order chi connectivity index (χ1) is 15.0. The lowest BCUT2D eigenvalue weighted by Gasteiger charge is -2.29. The van der Waals surface area contributed by atoms with Crippen LogP contribution in [0.2, 0.25) is 0 Å². The van der Waals surface area contributed by atoms with Gasteiger partial charge in [0, 0.05) is 24.7 Å². The fourth-order valence-corrected chi connectivity index (χ4v) is 3.70. The molecule has 0 fully saturated rings. The van der Waals surface area contributed by atoms with Crippen molar-refractivity contribution < 1.29 is 18.7 Å². The lowest BCUT2D eigenvalue weighted by Crippen LogP contribution is -2.40. The van der Waals surface area contributed by atoms with Crippen LogP contribution in [0, 0.1) is 5.82 Å². The molecule has 1 aromatic heterocycles. The van der Waals surface area contributed by atoms with Crippen molar-refractivity contribution >= 4 is 5.91 Å². The summed E-state index contributed by atoms with van der Waals surface area (Å²) >= 11 is 0. The van der Waals surface area contributed by atoms with Crippen LogP contribution in [-0.2, 0) is 24.3 Å². The Kier molecular flexibility index (Phi) is 5.70. The number of hydrogen-bond acceptors (Lipinski definition) is 5. The molecule has 2 heterocycles. The molecule has 0 N–H and O–H groups in total. The zero-order valence-electron chi connectivity index (χ0n) is 17.3. The maximum atomic E-state index is 14.1. The van der Waals surface area contributed by atoms with E-state index in [1.165, 1.54) is 18.2 Å². The maximum absolute atomic E-state index is 14.1. The molecule has 3 aromatic rings. The van der Waals surface area contributed by atoms with Crippen molar-refractivity contribution in [2.75, 3.05) is 20.8 Å². The average Bonchev–Trinajstić information content (AvgIpc) is 2.79. The van der Waals surface area contributed by atoms with Crippen molar-refractivity contribution in [2.24, 2.45) is 0 Å². The minimum absolute atomic E-state index is 0.219. The Morgan fingerprint density at radius 2 is 1.77 bits per heavy atom. The molecule has 1 aliphatic heterocycles. The van der Waals surface area contributed by atoms with Gasteiger partial charge in [0.05, 0.1) is 19.9 Å². The number of fused-ring (bicyclic) bond motifs is 1. The first-order valence-electron chi connectivity index (χ1n) is 9.84. The van der Waals surface area contributed by atoms with Gasteiger partial charge >= 0.3 is 0 Å². The van der Waals surface area contributed by atoms with Crippen LogP contribution in [0.5, 0.6) is 11.5 Å². The van der Waals surface area contributed by atoms with Gasteiger partial charge in [0.1, 0.15) is 12.4 Å². The number of hydrogen-bond donors (Lipinski definition) is 0. The SMILES string of the molecule is COc1cc2c(cc1OC)CN(C(=O)Cn1nc(-c3ccccc3F)ccc1=O)CC2. The van der Waals surface area contributed by atoms with Gasteiger partial charge in [-0.2, -0.15) is 5.10 Å². The minimum Gasteiger partial charge on any atom is -0.493 e. The van der Waals surface area contributed by atoms with E-state index in [9.17, 15) is 14.0 Å². The van der Waals surface area contributed by atoms with Gasteiger partial charge in [-0.15, -0.1) is 0 Å². The fraction of sp³-hybridized carbons (Fsp3) is 0.261. The second-order valence-electron chi connectivity index (χ2n) is 7.24. The van der Waals surface area contributed by atoms with Gasteiger partial charge in [-0.3, -0.25) is 9.59 Å². The molecule has 2 aromatic carbocycles. The molecular weight excluding hydrogens is 401 g/mol. The number of aromatic nitrogens is 2. The third-order valence-corrected chi connectivity index (χ3v) is 5.37. The Labute approximate surface area is 178 Å². The summed E-state index contributed by atoms with van der Waals surface area (Å²) in [5.74, 6) is 0.581. The van der Waals surface area contributed by atoms with E-state index in [1.54, 1.807) is 37.3 Å². The molecule has 0 saturated carbocycles. The number of rotatable bonds is 5. The van der Waals surface area contributed by atoms with Gasteiger partial charge in [0.2, 0.25) is 5.91 Å². The Bertz CT molecular complexity index is 1190. The van der Waals surface area contributed by atoms with Gasteiger partial charge in [-0.25, -0.2) is 9.07 Å². The second-order valence-corrected chi connectivity index (χ2v) is 7.24. The molecule has 0 saturated heterocycles. The molecule has 0 aliphatic carbocycles. The van der Waals surface area contributed by atoms with Crippen LogP contribution in [0.1, 0.15) is 11.1 Å². The lowest BCUT2D eigenvalue weighted by atomic mass is 9.98. The van der Waals surface area contributed by atoms with Crippen LogP contribution in [-0.4, -0.2) is 41.4 Å². The molecule has 1 amide bonds. The maximum Gasteiger partial charge on any atom is 0.267 e. The van der Waals surface area contributed by atoms with E-state index in [4.69, 9.17) is 9.47 Å². The first-order valence-corrected chi connectivity index (χ1v) is 9.84. The number of benzene rings is 2. The predicted molar refractivity (Wildman–Crippen MR) is 113 cm³/mol. The van der Waals surface area contributed by atoms with Crippen molar-refractivity contribution in [3.8, 4) is 22.8 Å². The van der Waals surface area contributed by atoms with E-state index in [2.05, 4.69) is 5.10 Å². The molecule has 8 heteroatoms. The summed E-state index contributed by atoms with van der Waals surface area (Å²) in [6, 6.07) is 12.7. The van der Waals surface area contributed by atoms with E-state index < -0.39 is 11.4 Å². The molecule has 0 spiro atoms. The highest BCUT2D eigenvalue weighted by Crippen LogP contribution is 2.33. The highest BCUT2D eigenvalue weighted by atomic mass is 19.1. The number of amides is 1. The standard InChI is InChI=1S/C23H22FN3O4/c1-30-20-11-15-9-10-26(13-16(15)12-21(20)31-2)23(29)14-27-22(28)8-7-19(25-27)17-5-3-4-6-18(17)24/h3-8,11-12H,9-10,13-14H2,1-2H3. The molecular formula is C23H22FN3O4. The highest BCUT2D eigenvalue weighted by molar-refractivity contribution is 5.76. The number of halogens is 1. The van der Waals surface area contributed by atoms with Gasteiger partial charge < -0.3 is 14.4 Å². The number of ether oxygens (including phenoxy) is 2. The Hall–Kier alpha value is -3.68. The average molecular weight is 423 g/mol. The second kappa shape index (κ2) is 8.59. The number of carbonyl (C=O) groups excluding carboxylic acids is 1. The van der Waals surface area contributed by atoms with Crippen molar-refractivity contribution in [1.29, 1.82) is 0 Å². The summed E-state index contributed by atoms with van der Waals surface area (Å²) < 4.78 is 25.9. The van der Waals surface area contributed by atoms with Gasteiger partial charge in [0.15, 0.2) is 11.5 Å². The quantitative estimate of drug-likeness (QED) is 0.631. The Morgan fingerprint density at radius 1 is 1.06 bits per heavy atom. The molecule has 160 valence electrons. The van der Waals surface area contributed by atoms with E-state index >= 15 is 0 Å². The van der Waals surface area contributed by atoms with Crippen LogP contribution in [0.25, 0.3) is 11.3 Å². The minimum atomic E-state index is -0.441. The van der Waals surface area contributed by atoms with Crippen LogP contribution in [0.3, 0.4) is 0 Å². The summed E-state index contributed by atoms with van der Waals surface area (Å²) in [7, 11) is 3.15. The van der Waals surface area contributed by atoms with Crippen molar-refractivity contribution in [3.63, 3.8) is 0 Å². The van der Waals surface area contributed by atoms with E-state index in [0.717, 1.165) is 15.8 Å². The van der Waals surface area contributed by atoms with Crippen LogP contribution < -0.4 is 15.0 Å². The number of nitrogens with zero attached hydrogens (tertiary/aromatic N) is 3. The van der Waals surface area contributed by atoms with E-state index in [0.29, 0.717) is 36.7 Å². The number of methoxy groups -OCH3 is 2. The lowest BCUT2D eigenvalue weighted by molar-refractivity contribution is -0.133. The zero-order chi connectivity index (χ0) is 22.0. The van der Waals surface area contributed by atoms with Crippen LogP contribution >= 0.6 is 0 Å². The summed E-state index contributed by atoms with van der Waals surface area (Å²) in [6.45, 7) is 0.698. The largest absolute Gasteiger partial charge is 0.493 e. The fourth-order valence-electron chi connectivity index (χ4n) is 3.70. The van der Waals surface area contributed by atoms with Crippen LogP contribution in [0.4, 0.5) is 4.39 Å². The normalized spacial score (nSPS) is 12.9. The molecule has 7 nitrogen and oxygen atoms in total. The molecule has 0 unspecified atom stereocenters. The summed E-state index contributed by atoms with van der Waals surface area (Å²) in [5.41, 5.74) is 2.22. The Morgan fingerprint density at radius 3 is 2.48 bits per heavy atom. The molecule has 0 atom stereocenters. The first kappa shape index (κ1) is 20.6. The summed E-state index contributed by atoms with van der Waals surface area (Å²) in [6.07, 6.45) is 0.666. The van der Waals surface area contributed by atoms with Crippen molar-refractivity contribution in [2.45, 2.75) is 19.5 Å². The topological polar surface area (TPSA) is 73.7 Å². The molecule has 0 radical (unpaired) electrons.